The lowest BCUT2D eigenvalue weighted by atomic mass is 9.97. The van der Waals surface area contributed by atoms with Crippen molar-refractivity contribution in [2.75, 3.05) is 11.9 Å². The first-order valence-corrected chi connectivity index (χ1v) is 9.51. The van der Waals surface area contributed by atoms with Crippen molar-refractivity contribution in [2.24, 2.45) is 0 Å². The maximum atomic E-state index is 12.2. The maximum Gasteiger partial charge on any atom is 0.338 e. The molecule has 140 valence electrons. The summed E-state index contributed by atoms with van der Waals surface area (Å²) in [7, 11) is 0. The van der Waals surface area contributed by atoms with Crippen molar-refractivity contribution in [1.29, 1.82) is 0 Å². The summed E-state index contributed by atoms with van der Waals surface area (Å²) in [6.45, 7) is -0.261. The molecule has 2 amide bonds. The van der Waals surface area contributed by atoms with Gasteiger partial charge in [-0.3, -0.25) is 9.59 Å². The zero-order valence-electron chi connectivity index (χ0n) is 15.0. The number of nitrogens with one attached hydrogen (secondary N) is 2. The van der Waals surface area contributed by atoms with Gasteiger partial charge in [-0.15, -0.1) is 0 Å². The first-order valence-electron chi connectivity index (χ1n) is 9.51. The van der Waals surface area contributed by atoms with Gasteiger partial charge in [0.25, 0.3) is 5.91 Å². The van der Waals surface area contributed by atoms with E-state index in [0.29, 0.717) is 18.4 Å². The highest BCUT2D eigenvalue weighted by Crippen LogP contribution is 2.24. The molecule has 0 saturated heterocycles. The Morgan fingerprint density at radius 2 is 1.81 bits per heavy atom. The molecule has 0 atom stereocenters. The Balaban J connectivity index is 1.48. The SMILES string of the molecule is O=C1CCc2cc(C(=O)OCC(=O)NC3CCCCCCC3)ccc2N1. The van der Waals surface area contributed by atoms with Crippen LogP contribution < -0.4 is 10.6 Å². The van der Waals surface area contributed by atoms with Gasteiger partial charge >= 0.3 is 5.97 Å². The molecule has 3 rings (SSSR count). The summed E-state index contributed by atoms with van der Waals surface area (Å²) in [4.78, 5) is 35.7. The lowest BCUT2D eigenvalue weighted by Gasteiger charge is -2.21. The summed E-state index contributed by atoms with van der Waals surface area (Å²) in [5, 5.41) is 5.76. The molecule has 1 heterocycles. The van der Waals surface area contributed by atoms with Crippen molar-refractivity contribution in [3.63, 3.8) is 0 Å². The molecule has 6 nitrogen and oxygen atoms in total. The van der Waals surface area contributed by atoms with E-state index >= 15 is 0 Å². The van der Waals surface area contributed by atoms with E-state index in [1.165, 1.54) is 19.3 Å². The number of carbonyl (C=O) groups is 3. The van der Waals surface area contributed by atoms with Crippen molar-refractivity contribution >= 4 is 23.5 Å². The molecule has 2 aliphatic rings. The van der Waals surface area contributed by atoms with E-state index < -0.39 is 5.97 Å². The summed E-state index contributed by atoms with van der Waals surface area (Å²) >= 11 is 0. The van der Waals surface area contributed by atoms with Crippen LogP contribution in [0.1, 0.15) is 67.3 Å². The minimum absolute atomic E-state index is 0.0151. The molecular weight excluding hydrogens is 332 g/mol. The fourth-order valence-corrected chi connectivity index (χ4v) is 3.59. The number of fused-ring (bicyclic) bond motifs is 1. The van der Waals surface area contributed by atoms with Gasteiger partial charge in [0, 0.05) is 18.2 Å². The van der Waals surface area contributed by atoms with Crippen LogP contribution in [0.15, 0.2) is 18.2 Å². The normalized spacial score (nSPS) is 18.1. The molecule has 0 unspecified atom stereocenters. The second-order valence-electron chi connectivity index (χ2n) is 7.11. The van der Waals surface area contributed by atoms with Crippen LogP contribution in [0.3, 0.4) is 0 Å². The molecule has 0 radical (unpaired) electrons. The van der Waals surface area contributed by atoms with E-state index in [-0.39, 0.29) is 24.5 Å². The van der Waals surface area contributed by atoms with Crippen LogP contribution in [0.5, 0.6) is 0 Å². The number of amides is 2. The number of ether oxygens (including phenoxy) is 1. The maximum absolute atomic E-state index is 12.2. The minimum atomic E-state index is -0.516. The zero-order chi connectivity index (χ0) is 18.4. The second kappa shape index (κ2) is 8.83. The Bertz CT molecular complexity index is 678. The molecular formula is C20H26N2O4. The largest absolute Gasteiger partial charge is 0.452 e. The van der Waals surface area contributed by atoms with Gasteiger partial charge in [-0.25, -0.2) is 4.79 Å². The molecule has 1 fully saturated rings. The predicted molar refractivity (Wildman–Crippen MR) is 97.9 cm³/mol. The van der Waals surface area contributed by atoms with Gasteiger partial charge in [-0.2, -0.15) is 0 Å². The van der Waals surface area contributed by atoms with E-state index in [4.69, 9.17) is 4.74 Å². The smallest absolute Gasteiger partial charge is 0.338 e. The third-order valence-electron chi connectivity index (χ3n) is 5.04. The van der Waals surface area contributed by atoms with Crippen LogP contribution in [0.25, 0.3) is 0 Å². The molecule has 1 aromatic carbocycles. The topological polar surface area (TPSA) is 84.5 Å². The third kappa shape index (κ3) is 5.07. The number of rotatable bonds is 4. The molecule has 2 N–H and O–H groups in total. The van der Waals surface area contributed by atoms with Gasteiger partial charge in [0.2, 0.25) is 5.91 Å². The van der Waals surface area contributed by atoms with Crippen LogP contribution in [0.4, 0.5) is 5.69 Å². The average Bonchev–Trinajstić information content (AvgIpc) is 2.61. The van der Waals surface area contributed by atoms with Gasteiger partial charge < -0.3 is 15.4 Å². The highest BCUT2D eigenvalue weighted by Gasteiger charge is 2.19. The number of aryl methyl sites for hydroxylation is 1. The van der Waals surface area contributed by atoms with Crippen LogP contribution in [-0.4, -0.2) is 30.4 Å². The summed E-state index contributed by atoms with van der Waals surface area (Å²) in [5.41, 5.74) is 2.05. The molecule has 1 aliphatic carbocycles. The molecule has 0 bridgehead atoms. The van der Waals surface area contributed by atoms with Crippen molar-refractivity contribution in [3.05, 3.63) is 29.3 Å². The van der Waals surface area contributed by atoms with Crippen LogP contribution >= 0.6 is 0 Å². The number of hydrogen-bond acceptors (Lipinski definition) is 4. The highest BCUT2D eigenvalue weighted by molar-refractivity contribution is 5.96. The number of esters is 1. The fraction of sp³-hybridized carbons (Fsp3) is 0.550. The van der Waals surface area contributed by atoms with Gasteiger partial charge in [0.15, 0.2) is 6.61 Å². The van der Waals surface area contributed by atoms with Crippen molar-refractivity contribution in [1.82, 2.24) is 5.32 Å². The number of benzene rings is 1. The zero-order valence-corrected chi connectivity index (χ0v) is 15.0. The lowest BCUT2D eigenvalue weighted by Crippen LogP contribution is -2.38. The summed E-state index contributed by atoms with van der Waals surface area (Å²) in [6, 6.07) is 5.23. The van der Waals surface area contributed by atoms with Crippen LogP contribution in [0, 0.1) is 0 Å². The quantitative estimate of drug-likeness (QED) is 0.811. The highest BCUT2D eigenvalue weighted by atomic mass is 16.5. The van der Waals surface area contributed by atoms with E-state index in [9.17, 15) is 14.4 Å². The standard InChI is InChI=1S/C20H26N2O4/c23-18-11-9-14-12-15(8-10-17(14)22-18)20(25)26-13-19(24)21-16-6-4-2-1-3-5-7-16/h8,10,12,16H,1-7,9,11,13H2,(H,21,24)(H,22,23). The molecule has 1 aromatic rings. The molecule has 6 heteroatoms. The van der Waals surface area contributed by atoms with E-state index in [1.807, 2.05) is 0 Å². The molecule has 0 spiro atoms. The number of carbonyl (C=O) groups excluding carboxylic acids is 3. The molecule has 1 saturated carbocycles. The van der Waals surface area contributed by atoms with Gasteiger partial charge in [-0.05, 0) is 43.0 Å². The van der Waals surface area contributed by atoms with Crippen LogP contribution in [0.2, 0.25) is 0 Å². The predicted octanol–water partition coefficient (Wildman–Crippen LogP) is 2.96. The fourth-order valence-electron chi connectivity index (χ4n) is 3.59. The van der Waals surface area contributed by atoms with E-state index in [1.54, 1.807) is 18.2 Å². The van der Waals surface area contributed by atoms with Crippen molar-refractivity contribution in [3.8, 4) is 0 Å². The summed E-state index contributed by atoms with van der Waals surface area (Å²) in [5.74, 6) is -0.773. The molecule has 26 heavy (non-hydrogen) atoms. The first kappa shape index (κ1) is 18.4. The van der Waals surface area contributed by atoms with E-state index in [0.717, 1.165) is 36.9 Å². The summed E-state index contributed by atoms with van der Waals surface area (Å²) in [6.07, 6.45) is 9.00. The van der Waals surface area contributed by atoms with Crippen molar-refractivity contribution < 1.29 is 19.1 Å². The summed E-state index contributed by atoms with van der Waals surface area (Å²) < 4.78 is 5.16. The molecule has 1 aliphatic heterocycles. The minimum Gasteiger partial charge on any atom is -0.452 e. The number of anilines is 1. The Morgan fingerprint density at radius 3 is 2.58 bits per heavy atom. The average molecular weight is 358 g/mol. The van der Waals surface area contributed by atoms with Gasteiger partial charge in [-0.1, -0.05) is 32.1 Å². The lowest BCUT2D eigenvalue weighted by molar-refractivity contribution is -0.125. The Kier molecular flexibility index (Phi) is 6.26. The van der Waals surface area contributed by atoms with Gasteiger partial charge in [0.1, 0.15) is 0 Å². The van der Waals surface area contributed by atoms with Crippen LogP contribution in [-0.2, 0) is 20.7 Å². The second-order valence-corrected chi connectivity index (χ2v) is 7.11. The molecule has 0 aromatic heterocycles. The number of hydrogen-bond donors (Lipinski definition) is 2. The first-order chi connectivity index (χ1) is 12.6. The van der Waals surface area contributed by atoms with E-state index in [2.05, 4.69) is 10.6 Å². The Morgan fingerprint density at radius 1 is 1.08 bits per heavy atom. The van der Waals surface area contributed by atoms with Crippen molar-refractivity contribution in [2.45, 2.75) is 63.8 Å². The third-order valence-corrected chi connectivity index (χ3v) is 5.04. The Labute approximate surface area is 153 Å². The monoisotopic (exact) mass is 358 g/mol. The van der Waals surface area contributed by atoms with Gasteiger partial charge in [0.05, 0.1) is 5.56 Å². The Hall–Kier alpha value is -2.37.